The van der Waals surface area contributed by atoms with Crippen molar-refractivity contribution in [2.75, 3.05) is 4.72 Å². The molecule has 2 aromatic heterocycles. The van der Waals surface area contributed by atoms with Crippen LogP contribution in [0.3, 0.4) is 0 Å². The highest BCUT2D eigenvalue weighted by molar-refractivity contribution is 7.92. The Hall–Kier alpha value is -2.85. The van der Waals surface area contributed by atoms with E-state index in [-0.39, 0.29) is 11.4 Å². The number of fused-ring (bicyclic) bond motifs is 3. The third-order valence-electron chi connectivity index (χ3n) is 4.18. The quantitative estimate of drug-likeness (QED) is 0.548. The van der Waals surface area contributed by atoms with E-state index in [1.54, 1.807) is 6.07 Å². The van der Waals surface area contributed by atoms with Gasteiger partial charge in [0, 0.05) is 6.07 Å². The predicted octanol–water partition coefficient (Wildman–Crippen LogP) is 3.61. The van der Waals surface area contributed by atoms with Gasteiger partial charge in [-0.25, -0.2) is 26.6 Å². The van der Waals surface area contributed by atoms with Crippen molar-refractivity contribution in [2.24, 2.45) is 0 Å². The molecule has 0 aliphatic heterocycles. The number of anilines is 1. The molecule has 0 radical (unpaired) electrons. The first-order chi connectivity index (χ1) is 13.2. The van der Waals surface area contributed by atoms with Gasteiger partial charge < -0.3 is 0 Å². The van der Waals surface area contributed by atoms with Crippen molar-refractivity contribution in [3.8, 4) is 0 Å². The van der Waals surface area contributed by atoms with Gasteiger partial charge in [-0.3, -0.25) is 9.52 Å². The fraction of sp³-hybridized carbons (Fsp3) is 0.111. The van der Waals surface area contributed by atoms with Gasteiger partial charge in [0.25, 0.3) is 15.6 Å². The van der Waals surface area contributed by atoms with Crippen LogP contribution >= 0.6 is 11.3 Å². The number of hydrogen-bond acceptors (Lipinski definition) is 5. The van der Waals surface area contributed by atoms with Gasteiger partial charge in [-0.2, -0.15) is 0 Å². The fourth-order valence-corrected chi connectivity index (χ4v) is 5.39. The largest absolute Gasteiger partial charge is 0.280 e. The van der Waals surface area contributed by atoms with Gasteiger partial charge in [0.2, 0.25) is 0 Å². The molecule has 4 rings (SSSR count). The molecule has 0 aliphatic carbocycles. The average molecular weight is 421 g/mol. The topological polar surface area (TPSA) is 80.5 Å². The number of nitrogens with one attached hydrogen (secondary N) is 1. The molecule has 0 saturated carbocycles. The minimum Gasteiger partial charge on any atom is -0.279 e. The van der Waals surface area contributed by atoms with E-state index in [1.165, 1.54) is 22.7 Å². The van der Waals surface area contributed by atoms with Crippen molar-refractivity contribution in [3.05, 3.63) is 69.6 Å². The van der Waals surface area contributed by atoms with Crippen LogP contribution in [0.5, 0.6) is 0 Å². The molecule has 1 N–H and O–H groups in total. The fourth-order valence-electron chi connectivity index (χ4n) is 2.93. The van der Waals surface area contributed by atoms with Crippen molar-refractivity contribution in [1.29, 1.82) is 0 Å². The van der Waals surface area contributed by atoms with Crippen LogP contribution in [-0.4, -0.2) is 17.8 Å². The lowest BCUT2D eigenvalue weighted by Gasteiger charge is -2.10. The van der Waals surface area contributed by atoms with E-state index in [1.807, 2.05) is 19.1 Å². The van der Waals surface area contributed by atoms with E-state index in [9.17, 15) is 22.0 Å². The summed E-state index contributed by atoms with van der Waals surface area (Å²) in [5.41, 5.74) is 0.605. The van der Waals surface area contributed by atoms with Crippen LogP contribution in [0.2, 0.25) is 0 Å². The Bertz CT molecular complexity index is 1430. The molecule has 0 amide bonds. The maximum Gasteiger partial charge on any atom is 0.280 e. The number of aryl methyl sites for hydroxylation is 2. The lowest BCUT2D eigenvalue weighted by Crippen LogP contribution is -2.27. The number of thiazole rings is 1. The molecule has 2 aromatic carbocycles. The number of nitrogens with zero attached hydrogens (tertiary/aromatic N) is 2. The monoisotopic (exact) mass is 421 g/mol. The van der Waals surface area contributed by atoms with Crippen molar-refractivity contribution >= 4 is 42.2 Å². The van der Waals surface area contributed by atoms with Crippen LogP contribution in [0, 0.1) is 25.5 Å². The van der Waals surface area contributed by atoms with Gasteiger partial charge in [0.05, 0.1) is 21.6 Å². The van der Waals surface area contributed by atoms with Gasteiger partial charge in [0.1, 0.15) is 0 Å². The summed E-state index contributed by atoms with van der Waals surface area (Å²) in [6, 6.07) is 7.99. The summed E-state index contributed by atoms with van der Waals surface area (Å²) in [6.45, 7) is 3.32. The molecule has 2 heterocycles. The SMILES string of the molecule is Cc1ccc2c(c1)sc1nc(C)c(S(=O)(=O)Nc3ccc(F)c(F)c3)c(=O)n12. The van der Waals surface area contributed by atoms with Gasteiger partial charge in [-0.15, -0.1) is 0 Å². The lowest BCUT2D eigenvalue weighted by atomic mass is 10.2. The predicted molar refractivity (Wildman–Crippen MR) is 103 cm³/mol. The number of halogens is 2. The molecule has 0 bridgehead atoms. The summed E-state index contributed by atoms with van der Waals surface area (Å²) in [4.78, 5) is 17.1. The summed E-state index contributed by atoms with van der Waals surface area (Å²) in [5, 5.41) is 0. The minimum absolute atomic E-state index is 0.0170. The van der Waals surface area contributed by atoms with Crippen molar-refractivity contribution in [2.45, 2.75) is 18.7 Å². The molecule has 0 spiro atoms. The van der Waals surface area contributed by atoms with Gasteiger partial charge in [0.15, 0.2) is 21.5 Å². The Morgan fingerprint density at radius 2 is 1.82 bits per heavy atom. The van der Waals surface area contributed by atoms with Crippen molar-refractivity contribution in [1.82, 2.24) is 9.38 Å². The molecule has 0 saturated heterocycles. The first kappa shape index (κ1) is 18.5. The number of aromatic nitrogens is 2. The standard InChI is InChI=1S/C18H13F2N3O3S2/c1-9-3-6-14-15(7-9)27-18-21-10(2)16(17(24)23(14)18)28(25,26)22-11-4-5-12(19)13(20)8-11/h3-8,22H,1-2H3. The molecule has 6 nitrogen and oxygen atoms in total. The molecule has 0 aliphatic rings. The van der Waals surface area contributed by atoms with E-state index >= 15 is 0 Å². The third kappa shape index (κ3) is 2.94. The number of rotatable bonds is 3. The Morgan fingerprint density at radius 3 is 2.54 bits per heavy atom. The molecule has 0 fully saturated rings. The Balaban J connectivity index is 1.93. The molecule has 10 heteroatoms. The molecule has 0 unspecified atom stereocenters. The molecular formula is C18H13F2N3O3S2. The van der Waals surface area contributed by atoms with Crippen molar-refractivity contribution in [3.63, 3.8) is 0 Å². The summed E-state index contributed by atoms with van der Waals surface area (Å²) < 4.78 is 56.3. The Morgan fingerprint density at radius 1 is 1.07 bits per heavy atom. The highest BCUT2D eigenvalue weighted by atomic mass is 32.2. The Kier molecular flexibility index (Phi) is 4.20. The van der Waals surface area contributed by atoms with E-state index in [0.717, 1.165) is 22.4 Å². The lowest BCUT2D eigenvalue weighted by molar-refractivity contribution is 0.509. The number of benzene rings is 2. The number of sulfonamides is 1. The molecule has 0 atom stereocenters. The minimum atomic E-state index is -4.38. The van der Waals surface area contributed by atoms with Crippen LogP contribution in [0.1, 0.15) is 11.3 Å². The van der Waals surface area contributed by atoms with Crippen LogP contribution in [0.15, 0.2) is 46.1 Å². The average Bonchev–Trinajstić information content (AvgIpc) is 2.94. The number of hydrogen-bond donors (Lipinski definition) is 1. The van der Waals surface area contributed by atoms with Gasteiger partial charge in [-0.1, -0.05) is 17.4 Å². The molecule has 4 aromatic rings. The zero-order chi connectivity index (χ0) is 20.2. The normalized spacial score (nSPS) is 12.0. The summed E-state index contributed by atoms with van der Waals surface area (Å²) >= 11 is 1.28. The second-order valence-electron chi connectivity index (χ2n) is 6.26. The summed E-state index contributed by atoms with van der Waals surface area (Å²) in [6.07, 6.45) is 0. The summed E-state index contributed by atoms with van der Waals surface area (Å²) in [7, 11) is -4.38. The third-order valence-corrected chi connectivity index (χ3v) is 6.69. The second kappa shape index (κ2) is 6.35. The van der Waals surface area contributed by atoms with E-state index < -0.39 is 32.1 Å². The highest BCUT2D eigenvalue weighted by Gasteiger charge is 2.26. The highest BCUT2D eigenvalue weighted by Crippen LogP contribution is 2.26. The maximum absolute atomic E-state index is 13.4. The zero-order valence-corrected chi connectivity index (χ0v) is 16.3. The second-order valence-corrected chi connectivity index (χ2v) is 8.89. The van der Waals surface area contributed by atoms with E-state index in [4.69, 9.17) is 0 Å². The smallest absolute Gasteiger partial charge is 0.279 e. The van der Waals surface area contributed by atoms with E-state index in [2.05, 4.69) is 9.71 Å². The van der Waals surface area contributed by atoms with Crippen LogP contribution < -0.4 is 10.3 Å². The van der Waals surface area contributed by atoms with Gasteiger partial charge in [-0.05, 0) is 43.7 Å². The first-order valence-corrected chi connectivity index (χ1v) is 10.4. The van der Waals surface area contributed by atoms with Gasteiger partial charge >= 0.3 is 0 Å². The summed E-state index contributed by atoms with van der Waals surface area (Å²) in [5.74, 6) is -2.32. The molecule has 28 heavy (non-hydrogen) atoms. The van der Waals surface area contributed by atoms with Crippen molar-refractivity contribution < 1.29 is 17.2 Å². The maximum atomic E-state index is 13.4. The molecular weight excluding hydrogens is 408 g/mol. The first-order valence-electron chi connectivity index (χ1n) is 8.08. The molecule has 144 valence electrons. The van der Waals surface area contributed by atoms with Crippen LogP contribution in [-0.2, 0) is 10.0 Å². The van der Waals surface area contributed by atoms with Crippen LogP contribution in [0.25, 0.3) is 15.2 Å². The zero-order valence-electron chi connectivity index (χ0n) is 14.7. The van der Waals surface area contributed by atoms with Crippen LogP contribution in [0.4, 0.5) is 14.5 Å². The van der Waals surface area contributed by atoms with E-state index in [0.29, 0.717) is 16.5 Å². The Labute approximate surface area is 162 Å².